The van der Waals surface area contributed by atoms with Crippen LogP contribution < -0.4 is 87.2 Å². The number of carboxylic acid groups (broad SMARTS) is 2. The number of halogens is 4. The minimum absolute atomic E-state index is 0.00703. The first-order valence-electron chi connectivity index (χ1n) is 36.4. The molecule has 0 radical (unpaired) electrons. The van der Waals surface area contributed by atoms with Crippen molar-refractivity contribution in [2.75, 3.05) is 13.1 Å². The summed E-state index contributed by atoms with van der Waals surface area (Å²) in [6, 6.07) is -7.56. The predicted molar refractivity (Wildman–Crippen MR) is 401 cm³/mol. The number of benzene rings is 3. The largest absolute Gasteiger partial charge is 0.508 e. The lowest BCUT2D eigenvalue weighted by molar-refractivity contribution is -0.142. The number of nitrogens with zero attached hydrogens (tertiary/aromatic N) is 1. The molecule has 1 heterocycles. The van der Waals surface area contributed by atoms with E-state index in [1.807, 2.05) is 0 Å². The standard InChI is InChI=1S/C73H104F4N18O18/c1-35(2)27-51(65(106)89-49(71(112)113)12-10-26-83-72(81)82)93-66(107)52(28-36(3)4)92-62(103)47(11-8-9-25-78)87-63(104)48(23-24-58(99)100)88-67(108)54(29-40-13-17-43(18-14-40)73(75,76)77)95-69(110)56(33-57(79)98)91-60(101)37(5)85-64(105)53(30-41-15-20-45(97)21-16-41)94-68(109)55(31-42-34-84-50-32-44(74)19-22-46(42)50)90-61(102)38(6)86-70(111)59(80)39(7)96/h13-22,32,34-39,47-49,51-56,59,84,96-97H,8-12,23-31,33,78,80H2,1-7H3,(H2,79,98)(H,85,105)(H,86,111)(H,87,104)(H,88,108)(H,89,106)(H,90,102)(H,91,101)(H,92,103)(H,93,107)(H,94,109)(H,95,110)(H,99,100)(H,112,113)(H4,81,82,83)/t37-,38-,39-,47-,48-,49-,51-,52-,53-,54-,55-,56-,59-/m1/s1. The molecule has 36 nitrogen and oxygen atoms in total. The summed E-state index contributed by atoms with van der Waals surface area (Å²) in [5, 5.41) is 67.0. The molecule has 4 aromatic rings. The van der Waals surface area contributed by atoms with Crippen molar-refractivity contribution in [1.29, 1.82) is 0 Å². The van der Waals surface area contributed by atoms with Crippen molar-refractivity contribution >= 4 is 99.7 Å². The van der Waals surface area contributed by atoms with Crippen LogP contribution in [0.5, 0.6) is 5.75 Å². The zero-order valence-electron chi connectivity index (χ0n) is 63.5. The molecule has 0 spiro atoms. The zero-order chi connectivity index (χ0) is 84.7. The highest BCUT2D eigenvalue weighted by molar-refractivity contribution is 6.01. The van der Waals surface area contributed by atoms with Gasteiger partial charge in [-0.2, -0.15) is 13.2 Å². The number of phenolic OH excluding ortho intramolecular Hbond substituents is 1. The van der Waals surface area contributed by atoms with Crippen LogP contribution in [0, 0.1) is 17.7 Å². The fraction of sp³-hybridized carbons (Fsp3) is 0.521. The van der Waals surface area contributed by atoms with Gasteiger partial charge in [0.05, 0.1) is 18.1 Å². The summed E-state index contributed by atoms with van der Waals surface area (Å²) in [5.41, 5.74) is 27.6. The molecule has 622 valence electrons. The van der Waals surface area contributed by atoms with Crippen LogP contribution in [0.15, 0.2) is 77.9 Å². The van der Waals surface area contributed by atoms with E-state index in [1.165, 1.54) is 56.4 Å². The lowest BCUT2D eigenvalue weighted by Gasteiger charge is -2.29. The number of phenols is 1. The van der Waals surface area contributed by atoms with Gasteiger partial charge in [0.25, 0.3) is 0 Å². The third-order valence-corrected chi connectivity index (χ3v) is 17.6. The zero-order valence-corrected chi connectivity index (χ0v) is 63.5. The van der Waals surface area contributed by atoms with Gasteiger partial charge < -0.3 is 113 Å². The van der Waals surface area contributed by atoms with E-state index >= 15 is 0 Å². The molecule has 12 amide bonds. The molecule has 0 bridgehead atoms. The molecule has 0 aliphatic carbocycles. The number of carbonyl (C=O) groups excluding carboxylic acids is 12. The van der Waals surface area contributed by atoms with Crippen LogP contribution in [0.4, 0.5) is 17.6 Å². The summed E-state index contributed by atoms with van der Waals surface area (Å²) in [6.45, 7) is 10.6. The highest BCUT2D eigenvalue weighted by Crippen LogP contribution is 2.30. The molecule has 0 aliphatic heterocycles. The Labute approximate surface area is 648 Å². The number of aromatic amines is 1. The molecule has 0 saturated carbocycles. The molecular weight excluding hydrogens is 1490 g/mol. The SMILES string of the molecule is CC(C)C[C@@H](NC(=O)[C@@H](CC(C)C)NC(=O)[C@@H](CCCCN)NC(=O)[C@@H](CCC(=O)O)NC(=O)[C@@H](Cc1ccc(C(F)(F)F)cc1)NC(=O)[C@@H](CC(N)=O)NC(=O)[C@@H](C)NC(=O)[C@@H](Cc1ccc(O)cc1)NC(=O)[C@@H](Cc1c[nH]c2cc(F)ccc12)NC(=O)[C@@H](C)NC(=O)[C@H](N)[C@@H](C)O)C(=O)N[C@H](CCCN=C(N)N)C(=O)O. The van der Waals surface area contributed by atoms with Gasteiger partial charge in [-0.3, -0.25) is 67.3 Å². The van der Waals surface area contributed by atoms with E-state index in [0.717, 1.165) is 25.1 Å². The Balaban J connectivity index is 1.68. The van der Waals surface area contributed by atoms with Gasteiger partial charge in [0.2, 0.25) is 70.9 Å². The Bertz CT molecular complexity index is 3990. The smallest absolute Gasteiger partial charge is 0.416 e. The van der Waals surface area contributed by atoms with E-state index in [4.69, 9.17) is 28.7 Å². The highest BCUT2D eigenvalue weighted by Gasteiger charge is 2.38. The van der Waals surface area contributed by atoms with Crippen molar-refractivity contribution < 1.29 is 105 Å². The van der Waals surface area contributed by atoms with Gasteiger partial charge in [0, 0.05) is 49.3 Å². The van der Waals surface area contributed by atoms with Crippen LogP contribution >= 0.6 is 0 Å². The van der Waals surface area contributed by atoms with Gasteiger partial charge in [-0.1, -0.05) is 52.0 Å². The number of H-pyrrole nitrogens is 1. The first-order chi connectivity index (χ1) is 53.0. The number of rotatable bonds is 47. The number of fused-ring (bicyclic) bond motifs is 1. The summed E-state index contributed by atoms with van der Waals surface area (Å²) in [5.74, 6) is -17.8. The van der Waals surface area contributed by atoms with Crippen LogP contribution in [0.3, 0.4) is 0 Å². The predicted octanol–water partition coefficient (Wildman–Crippen LogP) is -1.76. The Kier molecular flexibility index (Phi) is 37.4. The third kappa shape index (κ3) is 32.4. The van der Waals surface area contributed by atoms with E-state index in [-0.39, 0.29) is 93.6 Å². The molecule has 26 N–H and O–H groups in total. The van der Waals surface area contributed by atoms with Crippen molar-refractivity contribution in [1.82, 2.24) is 63.5 Å². The van der Waals surface area contributed by atoms with Crippen LogP contribution in [-0.2, 0) is 92.6 Å². The van der Waals surface area contributed by atoms with E-state index in [2.05, 4.69) is 68.5 Å². The number of alkyl halides is 3. The average molecular weight is 1600 g/mol. The highest BCUT2D eigenvalue weighted by atomic mass is 19.4. The van der Waals surface area contributed by atoms with E-state index in [0.29, 0.717) is 34.2 Å². The number of amides is 12. The summed E-state index contributed by atoms with van der Waals surface area (Å²) in [4.78, 5) is 200. The molecule has 13 atom stereocenters. The maximum Gasteiger partial charge on any atom is 0.416 e. The number of aliphatic hydroxyl groups excluding tert-OH is 1. The second-order valence-corrected chi connectivity index (χ2v) is 28.2. The topological polar surface area (TPSA) is 610 Å². The normalized spacial score (nSPS) is 14.9. The Hall–Kier alpha value is -11.5. The van der Waals surface area contributed by atoms with Crippen molar-refractivity contribution in [2.45, 2.75) is 217 Å². The number of carboxylic acids is 2. The summed E-state index contributed by atoms with van der Waals surface area (Å²) in [6.07, 6.45) is -8.70. The Morgan fingerprint density at radius 3 is 1.38 bits per heavy atom. The van der Waals surface area contributed by atoms with Gasteiger partial charge in [0.1, 0.15) is 84.1 Å². The number of aliphatic hydroxyl groups is 1. The van der Waals surface area contributed by atoms with Gasteiger partial charge in [-0.15, -0.1) is 0 Å². The van der Waals surface area contributed by atoms with Crippen LogP contribution in [0.1, 0.15) is 135 Å². The molecule has 0 unspecified atom stereocenters. The minimum Gasteiger partial charge on any atom is -0.508 e. The maximum atomic E-state index is 14.8. The number of hydrogen-bond donors (Lipinski definition) is 21. The first-order valence-corrected chi connectivity index (χ1v) is 36.4. The first kappa shape index (κ1) is 93.8. The summed E-state index contributed by atoms with van der Waals surface area (Å²) < 4.78 is 55.9. The van der Waals surface area contributed by atoms with Gasteiger partial charge in [0.15, 0.2) is 5.96 Å². The number of hydrogen-bond acceptors (Lipinski definition) is 19. The van der Waals surface area contributed by atoms with Crippen molar-refractivity contribution in [3.8, 4) is 5.75 Å². The summed E-state index contributed by atoms with van der Waals surface area (Å²) >= 11 is 0. The van der Waals surface area contributed by atoms with Gasteiger partial charge >= 0.3 is 18.1 Å². The second kappa shape index (κ2) is 45.1. The van der Waals surface area contributed by atoms with E-state index in [9.17, 15) is 105 Å². The molecule has 0 aliphatic rings. The van der Waals surface area contributed by atoms with E-state index in [1.54, 1.807) is 27.7 Å². The van der Waals surface area contributed by atoms with Crippen LogP contribution in [-0.4, -0.2) is 206 Å². The number of aliphatic imine (C=N–C) groups is 1. The monoisotopic (exact) mass is 1600 g/mol. The fourth-order valence-electron chi connectivity index (χ4n) is 11.5. The van der Waals surface area contributed by atoms with Crippen molar-refractivity contribution in [3.05, 3.63) is 101 Å². The number of carbonyl (C=O) groups is 14. The lowest BCUT2D eigenvalue weighted by atomic mass is 9.99. The molecule has 1 aromatic heterocycles. The number of aliphatic carboxylic acids is 2. The van der Waals surface area contributed by atoms with Crippen LogP contribution in [0.25, 0.3) is 10.9 Å². The van der Waals surface area contributed by atoms with E-state index < -0.39 is 211 Å². The fourth-order valence-corrected chi connectivity index (χ4v) is 11.5. The van der Waals surface area contributed by atoms with Crippen molar-refractivity contribution in [3.63, 3.8) is 0 Å². The second-order valence-electron chi connectivity index (χ2n) is 28.2. The molecule has 40 heteroatoms. The van der Waals surface area contributed by atoms with Gasteiger partial charge in [-0.05, 0) is 150 Å². The summed E-state index contributed by atoms with van der Waals surface area (Å²) in [7, 11) is 0. The third-order valence-electron chi connectivity index (χ3n) is 17.6. The molecule has 3 aromatic carbocycles. The quantitative estimate of drug-likeness (QED) is 0.0101. The Morgan fingerprint density at radius 1 is 0.496 bits per heavy atom. The number of guanidine groups is 1. The average Bonchev–Trinajstić information content (AvgIpc) is 1.56. The van der Waals surface area contributed by atoms with Crippen molar-refractivity contribution in [2.24, 2.45) is 45.5 Å². The lowest BCUT2D eigenvalue weighted by Crippen LogP contribution is -2.61. The minimum atomic E-state index is -4.86. The number of nitrogens with two attached hydrogens (primary N) is 5. The number of aromatic nitrogens is 1. The van der Waals surface area contributed by atoms with Gasteiger partial charge in [-0.25, -0.2) is 9.18 Å². The number of aromatic hydroxyl groups is 1. The number of nitrogens with one attached hydrogen (secondary N) is 12. The molecule has 113 heavy (non-hydrogen) atoms. The molecular formula is C73H104F4N18O18. The number of primary amides is 1. The molecule has 0 saturated heterocycles. The maximum absolute atomic E-state index is 14.8. The Morgan fingerprint density at radius 2 is 0.912 bits per heavy atom. The molecule has 0 fully saturated rings. The van der Waals surface area contributed by atoms with Crippen LogP contribution in [0.2, 0.25) is 0 Å². The number of unbranched alkanes of at least 4 members (excludes halogenated alkanes) is 1. The molecule has 4 rings (SSSR count).